The number of fused-ring (bicyclic) bond motifs is 1. The number of imidazole rings is 1. The van der Waals surface area contributed by atoms with Crippen molar-refractivity contribution in [1.82, 2.24) is 14.5 Å². The fraction of sp³-hybridized carbons (Fsp3) is 0.250. The second kappa shape index (κ2) is 7.20. The molecule has 2 aromatic heterocycles. The number of hydrogen-bond acceptors (Lipinski definition) is 5. The molecule has 7 nitrogen and oxygen atoms in total. The van der Waals surface area contributed by atoms with Gasteiger partial charge in [-0.15, -0.1) is 0 Å². The third-order valence-corrected chi connectivity index (χ3v) is 4.64. The van der Waals surface area contributed by atoms with Crippen LogP contribution in [0.25, 0.3) is 0 Å². The number of carbonyl (C=O) groups is 1. The molecule has 27 heavy (non-hydrogen) atoms. The molecule has 1 aliphatic rings. The van der Waals surface area contributed by atoms with E-state index in [2.05, 4.69) is 9.97 Å². The first-order valence-electron chi connectivity index (χ1n) is 8.89. The summed E-state index contributed by atoms with van der Waals surface area (Å²) in [7, 11) is 1.74. The Labute approximate surface area is 157 Å². The summed E-state index contributed by atoms with van der Waals surface area (Å²) in [6.07, 6.45) is 5.18. The third-order valence-electron chi connectivity index (χ3n) is 4.64. The van der Waals surface area contributed by atoms with Gasteiger partial charge in [0.2, 0.25) is 5.88 Å². The van der Waals surface area contributed by atoms with E-state index in [4.69, 9.17) is 10.5 Å². The van der Waals surface area contributed by atoms with Gasteiger partial charge in [0.05, 0.1) is 0 Å². The zero-order chi connectivity index (χ0) is 18.8. The Hall–Kier alpha value is -3.19. The summed E-state index contributed by atoms with van der Waals surface area (Å²) in [5.41, 5.74) is 7.20. The van der Waals surface area contributed by atoms with Crippen molar-refractivity contribution < 1.29 is 9.53 Å². The number of rotatable bonds is 4. The van der Waals surface area contributed by atoms with Gasteiger partial charge in [0.25, 0.3) is 5.91 Å². The average molecular weight is 363 g/mol. The van der Waals surface area contributed by atoms with Crippen molar-refractivity contribution in [2.45, 2.75) is 25.4 Å². The Morgan fingerprint density at radius 3 is 2.81 bits per heavy atom. The van der Waals surface area contributed by atoms with Crippen molar-refractivity contribution in [2.24, 2.45) is 5.73 Å². The van der Waals surface area contributed by atoms with E-state index in [0.717, 1.165) is 24.4 Å². The summed E-state index contributed by atoms with van der Waals surface area (Å²) in [5, 5.41) is 0. The van der Waals surface area contributed by atoms with Gasteiger partial charge in [-0.1, -0.05) is 6.07 Å². The number of amides is 1. The van der Waals surface area contributed by atoms with Crippen molar-refractivity contribution in [3.8, 4) is 11.6 Å². The average Bonchev–Trinajstić information content (AvgIpc) is 3.11. The fourth-order valence-corrected chi connectivity index (χ4v) is 3.13. The number of ether oxygens (including phenoxy) is 1. The van der Waals surface area contributed by atoms with Gasteiger partial charge in [0.1, 0.15) is 17.3 Å². The first kappa shape index (κ1) is 17.2. The van der Waals surface area contributed by atoms with Crippen LogP contribution < -0.4 is 15.4 Å². The first-order valence-corrected chi connectivity index (χ1v) is 8.89. The molecule has 2 N–H and O–H groups in total. The predicted molar refractivity (Wildman–Crippen MR) is 102 cm³/mol. The van der Waals surface area contributed by atoms with E-state index in [-0.39, 0.29) is 11.9 Å². The van der Waals surface area contributed by atoms with Gasteiger partial charge in [0, 0.05) is 50.2 Å². The van der Waals surface area contributed by atoms with Crippen molar-refractivity contribution in [1.29, 1.82) is 0 Å². The maximum Gasteiger partial charge on any atom is 0.278 e. The quantitative estimate of drug-likeness (QED) is 0.770. The topological polar surface area (TPSA) is 86.3 Å². The zero-order valence-corrected chi connectivity index (χ0v) is 15.1. The van der Waals surface area contributed by atoms with Gasteiger partial charge < -0.3 is 19.9 Å². The number of pyridine rings is 1. The SMILES string of the molecule is CN(C(=O)c1cn2c(n1)CCC(N)C2)c1ccc(Oc2ccccn2)cc1. The molecule has 1 aromatic carbocycles. The zero-order valence-electron chi connectivity index (χ0n) is 15.1. The fourth-order valence-electron chi connectivity index (χ4n) is 3.13. The molecule has 0 aliphatic carbocycles. The lowest BCUT2D eigenvalue weighted by molar-refractivity contribution is 0.0988. The van der Waals surface area contributed by atoms with Crippen LogP contribution in [0, 0.1) is 0 Å². The van der Waals surface area contributed by atoms with Crippen LogP contribution in [0.5, 0.6) is 11.6 Å². The molecular weight excluding hydrogens is 342 g/mol. The Morgan fingerprint density at radius 1 is 1.26 bits per heavy atom. The van der Waals surface area contributed by atoms with Gasteiger partial charge in [-0.25, -0.2) is 9.97 Å². The number of nitrogens with zero attached hydrogens (tertiary/aromatic N) is 4. The van der Waals surface area contributed by atoms with E-state index in [1.165, 1.54) is 0 Å². The van der Waals surface area contributed by atoms with Crippen LogP contribution in [0.2, 0.25) is 0 Å². The van der Waals surface area contributed by atoms with Crippen molar-refractivity contribution in [2.75, 3.05) is 11.9 Å². The van der Waals surface area contributed by atoms with Gasteiger partial charge in [-0.2, -0.15) is 0 Å². The molecule has 138 valence electrons. The lowest BCUT2D eigenvalue weighted by Gasteiger charge is -2.19. The summed E-state index contributed by atoms with van der Waals surface area (Å²) in [4.78, 5) is 23.0. The van der Waals surface area contributed by atoms with Crippen molar-refractivity contribution >= 4 is 11.6 Å². The molecule has 0 radical (unpaired) electrons. The second-order valence-corrected chi connectivity index (χ2v) is 6.62. The number of nitrogens with two attached hydrogens (primary N) is 1. The summed E-state index contributed by atoms with van der Waals surface area (Å²) in [6.45, 7) is 0.707. The maximum absolute atomic E-state index is 12.8. The molecule has 3 aromatic rings. The highest BCUT2D eigenvalue weighted by Gasteiger charge is 2.22. The molecule has 1 atom stereocenters. The van der Waals surface area contributed by atoms with Crippen LogP contribution in [0.1, 0.15) is 22.7 Å². The lowest BCUT2D eigenvalue weighted by Crippen LogP contribution is -2.31. The Kier molecular flexibility index (Phi) is 4.60. The van der Waals surface area contributed by atoms with Gasteiger partial charge >= 0.3 is 0 Å². The number of hydrogen-bond donors (Lipinski definition) is 1. The van der Waals surface area contributed by atoms with Crippen LogP contribution in [-0.4, -0.2) is 33.5 Å². The van der Waals surface area contributed by atoms with Crippen LogP contribution >= 0.6 is 0 Å². The predicted octanol–water partition coefficient (Wildman–Crippen LogP) is 2.62. The van der Waals surface area contributed by atoms with E-state index < -0.39 is 0 Å². The molecule has 1 aliphatic heterocycles. The molecule has 4 rings (SSSR count). The monoisotopic (exact) mass is 363 g/mol. The van der Waals surface area contributed by atoms with Crippen LogP contribution in [-0.2, 0) is 13.0 Å². The lowest BCUT2D eigenvalue weighted by atomic mass is 10.1. The van der Waals surface area contributed by atoms with Crippen molar-refractivity contribution in [3.05, 3.63) is 66.4 Å². The minimum absolute atomic E-state index is 0.124. The highest BCUT2D eigenvalue weighted by Crippen LogP contribution is 2.24. The minimum Gasteiger partial charge on any atom is -0.439 e. The smallest absolute Gasteiger partial charge is 0.278 e. The minimum atomic E-state index is -0.149. The van der Waals surface area contributed by atoms with Crippen LogP contribution in [0.4, 0.5) is 5.69 Å². The molecule has 0 spiro atoms. The molecule has 1 unspecified atom stereocenters. The molecular formula is C20H21N5O2. The summed E-state index contributed by atoms with van der Waals surface area (Å²) in [6, 6.07) is 12.9. The van der Waals surface area contributed by atoms with Crippen LogP contribution in [0.15, 0.2) is 54.9 Å². The molecule has 0 saturated carbocycles. The standard InChI is InChI=1S/C20H21N5O2/c1-24(20(26)17-13-25-12-14(21)5-10-18(25)23-17)15-6-8-16(9-7-15)27-19-4-2-3-11-22-19/h2-4,6-9,11,13-14H,5,10,12,21H2,1H3. The Bertz CT molecular complexity index is 937. The highest BCUT2D eigenvalue weighted by atomic mass is 16.5. The number of aromatic nitrogens is 3. The summed E-state index contributed by atoms with van der Waals surface area (Å²) >= 11 is 0. The molecule has 1 amide bonds. The number of benzene rings is 1. The molecule has 7 heteroatoms. The Balaban J connectivity index is 1.47. The maximum atomic E-state index is 12.8. The molecule has 3 heterocycles. The van der Waals surface area contributed by atoms with E-state index in [9.17, 15) is 4.79 Å². The number of aryl methyl sites for hydroxylation is 1. The second-order valence-electron chi connectivity index (χ2n) is 6.62. The largest absolute Gasteiger partial charge is 0.439 e. The third kappa shape index (κ3) is 3.68. The summed E-state index contributed by atoms with van der Waals surface area (Å²) < 4.78 is 7.67. The van der Waals surface area contributed by atoms with Gasteiger partial charge in [-0.3, -0.25) is 4.79 Å². The number of carbonyl (C=O) groups excluding carboxylic acids is 1. The van der Waals surface area contributed by atoms with E-state index in [1.807, 2.05) is 41.0 Å². The van der Waals surface area contributed by atoms with E-state index in [1.54, 1.807) is 30.4 Å². The first-order chi connectivity index (χ1) is 13.1. The molecule has 0 fully saturated rings. The Morgan fingerprint density at radius 2 is 2.07 bits per heavy atom. The van der Waals surface area contributed by atoms with Gasteiger partial charge in [0.15, 0.2) is 0 Å². The highest BCUT2D eigenvalue weighted by molar-refractivity contribution is 6.04. The van der Waals surface area contributed by atoms with E-state index >= 15 is 0 Å². The molecule has 0 bridgehead atoms. The van der Waals surface area contributed by atoms with E-state index in [0.29, 0.717) is 23.9 Å². The van der Waals surface area contributed by atoms with Gasteiger partial charge in [-0.05, 0) is 36.8 Å². The molecule has 0 saturated heterocycles. The van der Waals surface area contributed by atoms with Crippen molar-refractivity contribution in [3.63, 3.8) is 0 Å². The number of anilines is 1. The normalized spacial score (nSPS) is 15.9. The van der Waals surface area contributed by atoms with Crippen LogP contribution in [0.3, 0.4) is 0 Å². The summed E-state index contributed by atoms with van der Waals surface area (Å²) in [5.74, 6) is 1.96.